The minimum absolute atomic E-state index is 0.336. The van der Waals surface area contributed by atoms with Crippen molar-refractivity contribution in [3.8, 4) is 0 Å². The minimum Gasteiger partial charge on any atom is -0.298 e. The van der Waals surface area contributed by atoms with Gasteiger partial charge in [-0.2, -0.15) is 5.48 Å². The Kier molecular flexibility index (Phi) is 3.88. The van der Waals surface area contributed by atoms with Gasteiger partial charge in [0.25, 0.3) is 0 Å². The quantitative estimate of drug-likeness (QED) is 0.804. The second kappa shape index (κ2) is 5.60. The first-order chi connectivity index (χ1) is 8.83. The molecular formula is C15H20ClNO. The smallest absolute Gasteiger partial charge is 0.0790 e. The molecule has 98 valence electrons. The molecule has 0 heterocycles. The summed E-state index contributed by atoms with van der Waals surface area (Å²) in [7, 11) is 0. The molecule has 0 aromatic heterocycles. The van der Waals surface area contributed by atoms with E-state index in [0.29, 0.717) is 12.1 Å². The van der Waals surface area contributed by atoms with Gasteiger partial charge in [-0.1, -0.05) is 36.6 Å². The Morgan fingerprint density at radius 1 is 1.06 bits per heavy atom. The zero-order valence-electron chi connectivity index (χ0n) is 10.6. The fourth-order valence-electron chi connectivity index (χ4n) is 2.71. The van der Waals surface area contributed by atoms with E-state index >= 15 is 0 Å². The van der Waals surface area contributed by atoms with E-state index in [0.717, 1.165) is 10.9 Å². The van der Waals surface area contributed by atoms with E-state index in [2.05, 4.69) is 17.6 Å². The van der Waals surface area contributed by atoms with Gasteiger partial charge in [-0.15, -0.1) is 0 Å². The first-order valence-electron chi connectivity index (χ1n) is 6.99. The molecule has 0 saturated heterocycles. The van der Waals surface area contributed by atoms with E-state index in [-0.39, 0.29) is 0 Å². The number of hydrogen-bond acceptors (Lipinski definition) is 2. The van der Waals surface area contributed by atoms with Crippen molar-refractivity contribution in [1.29, 1.82) is 0 Å². The molecule has 1 N–H and O–H groups in total. The van der Waals surface area contributed by atoms with Crippen LogP contribution < -0.4 is 5.48 Å². The normalized spacial score (nSPS) is 22.3. The lowest BCUT2D eigenvalue weighted by Gasteiger charge is -2.21. The molecule has 1 aromatic carbocycles. The van der Waals surface area contributed by atoms with Crippen LogP contribution in [-0.4, -0.2) is 6.10 Å². The van der Waals surface area contributed by atoms with Crippen molar-refractivity contribution in [2.24, 2.45) is 5.92 Å². The summed E-state index contributed by atoms with van der Waals surface area (Å²) in [5, 5.41) is 0.796. The van der Waals surface area contributed by atoms with Gasteiger partial charge in [0.15, 0.2) is 0 Å². The molecule has 3 heteroatoms. The third-order valence-electron chi connectivity index (χ3n) is 3.99. The largest absolute Gasteiger partial charge is 0.298 e. The summed E-state index contributed by atoms with van der Waals surface area (Å²) >= 11 is 5.94. The first-order valence-corrected chi connectivity index (χ1v) is 7.37. The van der Waals surface area contributed by atoms with Crippen molar-refractivity contribution in [3.63, 3.8) is 0 Å². The summed E-state index contributed by atoms with van der Waals surface area (Å²) < 4.78 is 0. The van der Waals surface area contributed by atoms with Crippen molar-refractivity contribution in [3.05, 3.63) is 34.9 Å². The van der Waals surface area contributed by atoms with Gasteiger partial charge in [0.2, 0.25) is 0 Å². The average Bonchev–Trinajstić information content (AvgIpc) is 3.08. The van der Waals surface area contributed by atoms with Crippen LogP contribution in [-0.2, 0) is 4.84 Å². The summed E-state index contributed by atoms with van der Waals surface area (Å²) in [6.45, 7) is 0. The fourth-order valence-corrected chi connectivity index (χ4v) is 2.84. The van der Waals surface area contributed by atoms with E-state index in [1.54, 1.807) is 0 Å². The molecule has 2 aliphatic rings. The number of halogens is 1. The number of benzene rings is 1. The second-order valence-corrected chi connectivity index (χ2v) is 5.95. The Hall–Kier alpha value is -0.570. The molecule has 1 atom stereocenters. The summed E-state index contributed by atoms with van der Waals surface area (Å²) in [4.78, 5) is 5.87. The van der Waals surface area contributed by atoms with Crippen LogP contribution in [0.15, 0.2) is 24.3 Å². The fraction of sp³-hybridized carbons (Fsp3) is 0.600. The van der Waals surface area contributed by atoms with Gasteiger partial charge in [0, 0.05) is 5.02 Å². The lowest BCUT2D eigenvalue weighted by molar-refractivity contribution is -0.0448. The lowest BCUT2D eigenvalue weighted by atomic mass is 10.0. The van der Waals surface area contributed by atoms with Gasteiger partial charge >= 0.3 is 0 Å². The average molecular weight is 266 g/mol. The molecule has 0 radical (unpaired) electrons. The Labute approximate surface area is 114 Å². The van der Waals surface area contributed by atoms with Crippen LogP contribution in [0.1, 0.15) is 50.1 Å². The molecule has 1 unspecified atom stereocenters. The Balaban J connectivity index is 1.62. The monoisotopic (exact) mass is 265 g/mol. The molecule has 0 bridgehead atoms. The first kappa shape index (κ1) is 12.5. The number of rotatable bonds is 5. The third-order valence-corrected chi connectivity index (χ3v) is 4.24. The standard InChI is InChI=1S/C15H20ClNO/c16-13-9-7-12(8-10-13)15(11-5-6-11)17-18-14-3-1-2-4-14/h7-11,14-15,17H,1-6H2. The van der Waals surface area contributed by atoms with Crippen LogP contribution in [0.4, 0.5) is 0 Å². The van der Waals surface area contributed by atoms with Crippen molar-refractivity contribution < 1.29 is 4.84 Å². The van der Waals surface area contributed by atoms with Crippen LogP contribution in [0.3, 0.4) is 0 Å². The summed E-state index contributed by atoms with van der Waals surface area (Å²) in [5.74, 6) is 0.729. The Bertz CT molecular complexity index is 382. The molecule has 3 rings (SSSR count). The number of hydrogen-bond donors (Lipinski definition) is 1. The van der Waals surface area contributed by atoms with Crippen molar-refractivity contribution in [1.82, 2.24) is 5.48 Å². The van der Waals surface area contributed by atoms with E-state index < -0.39 is 0 Å². The van der Waals surface area contributed by atoms with Gasteiger partial charge in [-0.3, -0.25) is 4.84 Å². The molecule has 1 aromatic rings. The van der Waals surface area contributed by atoms with Crippen LogP contribution in [0, 0.1) is 5.92 Å². The maximum absolute atomic E-state index is 5.94. The van der Waals surface area contributed by atoms with Crippen LogP contribution in [0.5, 0.6) is 0 Å². The van der Waals surface area contributed by atoms with E-state index in [1.165, 1.54) is 44.1 Å². The van der Waals surface area contributed by atoms with Crippen LogP contribution in [0.2, 0.25) is 5.02 Å². The van der Waals surface area contributed by atoms with Gasteiger partial charge in [-0.25, -0.2) is 0 Å². The van der Waals surface area contributed by atoms with Crippen molar-refractivity contribution in [2.45, 2.75) is 50.7 Å². The van der Waals surface area contributed by atoms with E-state index in [1.807, 2.05) is 12.1 Å². The van der Waals surface area contributed by atoms with Crippen molar-refractivity contribution in [2.75, 3.05) is 0 Å². The highest BCUT2D eigenvalue weighted by Crippen LogP contribution is 2.41. The maximum atomic E-state index is 5.94. The predicted molar refractivity (Wildman–Crippen MR) is 73.4 cm³/mol. The molecule has 2 nitrogen and oxygen atoms in total. The van der Waals surface area contributed by atoms with Crippen LogP contribution >= 0.6 is 11.6 Å². The van der Waals surface area contributed by atoms with Gasteiger partial charge in [0.1, 0.15) is 0 Å². The molecule has 18 heavy (non-hydrogen) atoms. The molecule has 2 aliphatic carbocycles. The van der Waals surface area contributed by atoms with Gasteiger partial charge in [-0.05, 0) is 49.3 Å². The van der Waals surface area contributed by atoms with Crippen LogP contribution in [0.25, 0.3) is 0 Å². The highest BCUT2D eigenvalue weighted by molar-refractivity contribution is 6.30. The predicted octanol–water partition coefficient (Wildman–Crippen LogP) is 4.25. The Morgan fingerprint density at radius 3 is 2.33 bits per heavy atom. The minimum atomic E-state index is 0.336. The molecule has 0 aliphatic heterocycles. The van der Waals surface area contributed by atoms with Crippen molar-refractivity contribution >= 4 is 11.6 Å². The SMILES string of the molecule is Clc1ccc(C(NOC2CCCC2)C2CC2)cc1. The van der Waals surface area contributed by atoms with Gasteiger partial charge in [0.05, 0.1) is 12.1 Å². The molecular weight excluding hydrogens is 246 g/mol. The van der Waals surface area contributed by atoms with Gasteiger partial charge < -0.3 is 0 Å². The number of hydroxylamine groups is 1. The number of nitrogens with one attached hydrogen (secondary N) is 1. The highest BCUT2D eigenvalue weighted by atomic mass is 35.5. The summed E-state index contributed by atoms with van der Waals surface area (Å²) in [6, 6.07) is 8.47. The molecule has 0 spiro atoms. The Morgan fingerprint density at radius 2 is 1.72 bits per heavy atom. The van der Waals surface area contributed by atoms with E-state index in [9.17, 15) is 0 Å². The third kappa shape index (κ3) is 3.05. The molecule has 2 fully saturated rings. The highest BCUT2D eigenvalue weighted by Gasteiger charge is 2.33. The zero-order chi connectivity index (χ0) is 12.4. The summed E-state index contributed by atoms with van der Waals surface area (Å²) in [6.07, 6.45) is 8.03. The van der Waals surface area contributed by atoms with E-state index in [4.69, 9.17) is 16.4 Å². The maximum Gasteiger partial charge on any atom is 0.0790 e. The lowest BCUT2D eigenvalue weighted by Crippen LogP contribution is -2.27. The summed E-state index contributed by atoms with van der Waals surface area (Å²) in [5.41, 5.74) is 4.61. The topological polar surface area (TPSA) is 21.3 Å². The zero-order valence-corrected chi connectivity index (χ0v) is 11.3. The molecule has 0 amide bonds. The molecule has 2 saturated carbocycles. The second-order valence-electron chi connectivity index (χ2n) is 5.51.